The van der Waals surface area contributed by atoms with E-state index in [2.05, 4.69) is 11.3 Å². The molecule has 0 N–H and O–H groups in total. The Balaban J connectivity index is 4.63. The van der Waals surface area contributed by atoms with Crippen molar-refractivity contribution in [2.75, 3.05) is 0 Å². The lowest BCUT2D eigenvalue weighted by molar-refractivity contribution is -0.255. The summed E-state index contributed by atoms with van der Waals surface area (Å²) in [5.41, 5.74) is -3.29. The number of nitrogens with zero attached hydrogens (tertiary/aromatic N) is 1. The fourth-order valence-corrected chi connectivity index (χ4v) is 0.397. The molecule has 0 heterocycles. The molecule has 0 amide bonds. The Hall–Kier alpha value is -1.51. The van der Waals surface area contributed by atoms with Crippen LogP contribution in [0.5, 0.6) is 0 Å². The number of hydrogen-bond donors (Lipinski definition) is 0. The van der Waals surface area contributed by atoms with Gasteiger partial charge in [-0.1, -0.05) is 6.58 Å². The molecule has 0 aromatic carbocycles. The first-order chi connectivity index (χ1) is 6.12. The zero-order chi connectivity index (χ0) is 11.6. The van der Waals surface area contributed by atoms with Crippen molar-refractivity contribution in [3.63, 3.8) is 0 Å². The SMILES string of the molecule is C=C(C#N)C(=O)OC(C)(C)C(F)(F)F. The average molecular weight is 207 g/mol. The van der Waals surface area contributed by atoms with Crippen LogP contribution in [-0.2, 0) is 9.53 Å². The molecule has 0 bridgehead atoms. The monoisotopic (exact) mass is 207 g/mol. The predicted molar refractivity (Wildman–Crippen MR) is 41.0 cm³/mol. The summed E-state index contributed by atoms with van der Waals surface area (Å²) in [7, 11) is 0. The molecule has 0 aromatic rings. The summed E-state index contributed by atoms with van der Waals surface area (Å²) >= 11 is 0. The Labute approximate surface area is 78.8 Å². The van der Waals surface area contributed by atoms with Crippen LogP contribution >= 0.6 is 0 Å². The van der Waals surface area contributed by atoms with E-state index in [1.54, 1.807) is 0 Å². The fourth-order valence-electron chi connectivity index (χ4n) is 0.397. The molecule has 14 heavy (non-hydrogen) atoms. The normalized spacial score (nSPS) is 11.7. The maximum Gasteiger partial charge on any atom is 0.427 e. The van der Waals surface area contributed by atoms with Crippen LogP contribution in [0.15, 0.2) is 12.2 Å². The van der Waals surface area contributed by atoms with Gasteiger partial charge in [-0.05, 0) is 13.8 Å². The van der Waals surface area contributed by atoms with E-state index in [0.717, 1.165) is 0 Å². The van der Waals surface area contributed by atoms with Crippen molar-refractivity contribution in [3.8, 4) is 6.07 Å². The van der Waals surface area contributed by atoms with Crippen LogP contribution in [0, 0.1) is 11.3 Å². The van der Waals surface area contributed by atoms with Crippen LogP contribution < -0.4 is 0 Å². The van der Waals surface area contributed by atoms with Gasteiger partial charge in [0.05, 0.1) is 0 Å². The van der Waals surface area contributed by atoms with E-state index in [0.29, 0.717) is 13.8 Å². The van der Waals surface area contributed by atoms with E-state index in [-0.39, 0.29) is 0 Å². The molecular weight excluding hydrogens is 199 g/mol. The number of halogens is 3. The minimum Gasteiger partial charge on any atom is -0.446 e. The minimum atomic E-state index is -4.68. The van der Waals surface area contributed by atoms with Gasteiger partial charge >= 0.3 is 12.1 Å². The predicted octanol–water partition coefficient (Wildman–Crippen LogP) is 1.95. The molecule has 6 heteroatoms. The molecule has 0 spiro atoms. The Kier molecular flexibility index (Phi) is 3.30. The summed E-state index contributed by atoms with van der Waals surface area (Å²) in [6.07, 6.45) is -4.68. The van der Waals surface area contributed by atoms with Gasteiger partial charge in [0.1, 0.15) is 11.6 Å². The van der Waals surface area contributed by atoms with Gasteiger partial charge in [0.2, 0.25) is 5.60 Å². The molecule has 0 saturated heterocycles. The third-order valence-electron chi connectivity index (χ3n) is 1.41. The molecule has 0 aromatic heterocycles. The van der Waals surface area contributed by atoms with Gasteiger partial charge in [-0.25, -0.2) is 4.79 Å². The summed E-state index contributed by atoms with van der Waals surface area (Å²) in [5, 5.41) is 8.17. The number of carbonyl (C=O) groups excluding carboxylic acids is 1. The van der Waals surface area contributed by atoms with Gasteiger partial charge in [0.15, 0.2) is 0 Å². The van der Waals surface area contributed by atoms with Crippen molar-refractivity contribution in [2.24, 2.45) is 0 Å². The molecule has 0 aliphatic heterocycles. The van der Waals surface area contributed by atoms with Gasteiger partial charge < -0.3 is 4.74 Å². The van der Waals surface area contributed by atoms with Gasteiger partial charge in [-0.15, -0.1) is 0 Å². The maximum absolute atomic E-state index is 12.2. The molecule has 0 aliphatic rings. The van der Waals surface area contributed by atoms with Gasteiger partial charge in [0.25, 0.3) is 0 Å². The number of nitriles is 1. The van der Waals surface area contributed by atoms with Gasteiger partial charge in [0, 0.05) is 0 Å². The van der Waals surface area contributed by atoms with Gasteiger partial charge in [-0.2, -0.15) is 18.4 Å². The van der Waals surface area contributed by atoms with Crippen molar-refractivity contribution in [1.29, 1.82) is 5.26 Å². The second kappa shape index (κ2) is 3.70. The maximum atomic E-state index is 12.2. The highest BCUT2D eigenvalue weighted by atomic mass is 19.4. The van der Waals surface area contributed by atoms with Crippen molar-refractivity contribution >= 4 is 5.97 Å². The molecular formula is C8H8F3NO2. The molecule has 0 atom stereocenters. The lowest BCUT2D eigenvalue weighted by atomic mass is 10.1. The van der Waals surface area contributed by atoms with Gasteiger partial charge in [-0.3, -0.25) is 0 Å². The third-order valence-corrected chi connectivity index (χ3v) is 1.41. The Morgan fingerprint density at radius 1 is 1.43 bits per heavy atom. The Bertz CT molecular complexity index is 299. The largest absolute Gasteiger partial charge is 0.446 e. The van der Waals surface area contributed by atoms with Crippen LogP contribution in [-0.4, -0.2) is 17.7 Å². The Morgan fingerprint density at radius 2 is 1.86 bits per heavy atom. The first kappa shape index (κ1) is 12.5. The highest BCUT2D eigenvalue weighted by molar-refractivity contribution is 5.92. The molecule has 0 aliphatic carbocycles. The van der Waals surface area contributed by atoms with E-state index in [4.69, 9.17) is 5.26 Å². The molecule has 0 fully saturated rings. The summed E-state index contributed by atoms with van der Waals surface area (Å²) in [6.45, 7) is 4.32. The number of rotatable bonds is 2. The van der Waals surface area contributed by atoms with Crippen molar-refractivity contribution < 1.29 is 22.7 Å². The molecule has 0 radical (unpaired) electrons. The highest BCUT2D eigenvalue weighted by Gasteiger charge is 2.51. The van der Waals surface area contributed by atoms with Crippen molar-refractivity contribution in [1.82, 2.24) is 0 Å². The van der Waals surface area contributed by atoms with Crippen LogP contribution in [0.25, 0.3) is 0 Å². The first-order valence-electron chi connectivity index (χ1n) is 3.51. The van der Waals surface area contributed by atoms with Crippen molar-refractivity contribution in [2.45, 2.75) is 25.6 Å². The standard InChI is InChI=1S/C8H8F3NO2/c1-5(4-12)6(13)14-7(2,3)8(9,10)11/h1H2,2-3H3. The zero-order valence-electron chi connectivity index (χ0n) is 7.60. The third kappa shape index (κ3) is 2.76. The molecule has 78 valence electrons. The number of alkyl halides is 3. The number of hydrogen-bond acceptors (Lipinski definition) is 3. The number of ether oxygens (including phenoxy) is 1. The van der Waals surface area contributed by atoms with Crippen LogP contribution in [0.2, 0.25) is 0 Å². The fraction of sp³-hybridized carbons (Fsp3) is 0.500. The molecule has 3 nitrogen and oxygen atoms in total. The molecule has 0 rings (SSSR count). The number of carbonyl (C=O) groups is 1. The lowest BCUT2D eigenvalue weighted by Crippen LogP contribution is -2.43. The second-order valence-electron chi connectivity index (χ2n) is 2.99. The van der Waals surface area contributed by atoms with E-state index in [9.17, 15) is 18.0 Å². The average Bonchev–Trinajstić information content (AvgIpc) is 2.00. The topological polar surface area (TPSA) is 50.1 Å². The molecule has 0 unspecified atom stereocenters. The second-order valence-corrected chi connectivity index (χ2v) is 2.99. The quantitative estimate of drug-likeness (QED) is 0.395. The summed E-state index contributed by atoms with van der Waals surface area (Å²) in [6, 6.07) is 1.30. The molecule has 0 saturated carbocycles. The zero-order valence-corrected chi connectivity index (χ0v) is 7.60. The van der Waals surface area contributed by atoms with E-state index < -0.39 is 23.3 Å². The van der Waals surface area contributed by atoms with Crippen LogP contribution in [0.3, 0.4) is 0 Å². The number of esters is 1. The summed E-state index contributed by atoms with van der Waals surface area (Å²) in [5.74, 6) is -1.37. The van der Waals surface area contributed by atoms with Crippen LogP contribution in [0.1, 0.15) is 13.8 Å². The Morgan fingerprint density at radius 3 is 2.14 bits per heavy atom. The summed E-state index contributed by atoms with van der Waals surface area (Å²) < 4.78 is 40.6. The van der Waals surface area contributed by atoms with E-state index >= 15 is 0 Å². The summed E-state index contributed by atoms with van der Waals surface area (Å²) in [4.78, 5) is 10.8. The smallest absolute Gasteiger partial charge is 0.427 e. The van der Waals surface area contributed by atoms with Crippen LogP contribution in [0.4, 0.5) is 13.2 Å². The first-order valence-corrected chi connectivity index (χ1v) is 3.51. The van der Waals surface area contributed by atoms with E-state index in [1.807, 2.05) is 0 Å². The lowest BCUT2D eigenvalue weighted by Gasteiger charge is -2.27. The minimum absolute atomic E-state index is 0.665. The van der Waals surface area contributed by atoms with Crippen molar-refractivity contribution in [3.05, 3.63) is 12.2 Å². The highest BCUT2D eigenvalue weighted by Crippen LogP contribution is 2.33. The van der Waals surface area contributed by atoms with E-state index in [1.165, 1.54) is 6.07 Å².